The molecule has 32 heavy (non-hydrogen) atoms. The molecule has 1 saturated heterocycles. The molecule has 0 spiro atoms. The molecule has 5 N–H and O–H groups in total. The van der Waals surface area contributed by atoms with Crippen LogP contribution in [0.2, 0.25) is 5.02 Å². The van der Waals surface area contributed by atoms with Crippen molar-refractivity contribution in [1.82, 2.24) is 15.5 Å². The van der Waals surface area contributed by atoms with Crippen molar-refractivity contribution in [3.8, 4) is 0 Å². The number of hydrogen-bond donors (Lipinski definition) is 4. The van der Waals surface area contributed by atoms with Crippen molar-refractivity contribution >= 4 is 47.3 Å². The molecule has 1 aromatic rings. The highest BCUT2D eigenvalue weighted by atomic mass is 35.5. The molecule has 0 bridgehead atoms. The molecule has 1 aliphatic rings. The SMILES string of the molecule is CC(C)[C@H](NC(=O)c1c(N)cccc1Cl)C(=O)N1CCC[C@H]1C(=O)N[C@H](C=O)CC(=O)O. The van der Waals surface area contributed by atoms with E-state index < -0.39 is 48.2 Å². The number of carbonyl (C=O) groups is 5. The average Bonchev–Trinajstić information content (AvgIpc) is 3.20. The molecule has 0 aliphatic carbocycles. The Bertz CT molecular complexity index is 886. The predicted octanol–water partition coefficient (Wildman–Crippen LogP) is 0.826. The molecule has 0 aromatic heterocycles. The Morgan fingerprint density at radius 3 is 2.53 bits per heavy atom. The molecule has 0 saturated carbocycles. The van der Waals surface area contributed by atoms with E-state index in [1.165, 1.54) is 17.0 Å². The summed E-state index contributed by atoms with van der Waals surface area (Å²) in [6, 6.07) is 1.62. The first-order valence-electron chi connectivity index (χ1n) is 10.2. The molecule has 1 heterocycles. The summed E-state index contributed by atoms with van der Waals surface area (Å²) < 4.78 is 0. The topological polar surface area (TPSA) is 159 Å². The van der Waals surface area contributed by atoms with Gasteiger partial charge in [-0.3, -0.25) is 19.2 Å². The summed E-state index contributed by atoms with van der Waals surface area (Å²) in [6.07, 6.45) is 0.690. The fraction of sp³-hybridized carbons (Fsp3) is 0.476. The summed E-state index contributed by atoms with van der Waals surface area (Å²) in [7, 11) is 0. The molecule has 0 radical (unpaired) electrons. The summed E-state index contributed by atoms with van der Waals surface area (Å²) in [6.45, 7) is 3.79. The standard InChI is InChI=1S/C21H27ClN4O6/c1-11(2)18(25-20(31)17-13(22)5-3-6-14(17)23)21(32)26-8-4-7-15(26)19(30)24-12(10-27)9-16(28)29/h3,5-6,10-12,15,18H,4,7-9,23H2,1-2H3,(H,24,30)(H,25,31)(H,28,29)/t12-,15-,18-/m0/s1. The molecule has 0 unspecified atom stereocenters. The minimum Gasteiger partial charge on any atom is -0.481 e. The van der Waals surface area contributed by atoms with Gasteiger partial charge >= 0.3 is 5.97 Å². The Morgan fingerprint density at radius 2 is 1.97 bits per heavy atom. The number of carboxylic acid groups (broad SMARTS) is 1. The van der Waals surface area contributed by atoms with Crippen LogP contribution in [-0.2, 0) is 19.2 Å². The first kappa shape index (κ1) is 25.1. The number of aldehydes is 1. The zero-order valence-electron chi connectivity index (χ0n) is 17.8. The van der Waals surface area contributed by atoms with Gasteiger partial charge in [-0.15, -0.1) is 0 Å². The predicted molar refractivity (Wildman–Crippen MR) is 117 cm³/mol. The number of benzene rings is 1. The van der Waals surface area contributed by atoms with E-state index in [1.54, 1.807) is 19.9 Å². The van der Waals surface area contributed by atoms with Crippen LogP contribution in [0.25, 0.3) is 0 Å². The van der Waals surface area contributed by atoms with Crippen LogP contribution >= 0.6 is 11.6 Å². The number of carboxylic acids is 1. The molecule has 11 heteroatoms. The van der Waals surface area contributed by atoms with E-state index in [-0.39, 0.29) is 28.7 Å². The van der Waals surface area contributed by atoms with Gasteiger partial charge in [0, 0.05) is 12.2 Å². The van der Waals surface area contributed by atoms with Crippen molar-refractivity contribution < 1.29 is 29.1 Å². The van der Waals surface area contributed by atoms with E-state index in [0.29, 0.717) is 19.1 Å². The molecular weight excluding hydrogens is 440 g/mol. The largest absolute Gasteiger partial charge is 0.481 e. The van der Waals surface area contributed by atoms with Gasteiger partial charge in [-0.2, -0.15) is 0 Å². The minimum atomic E-state index is -1.23. The van der Waals surface area contributed by atoms with Gasteiger partial charge in [0.2, 0.25) is 11.8 Å². The van der Waals surface area contributed by atoms with Crippen molar-refractivity contribution in [3.63, 3.8) is 0 Å². The Morgan fingerprint density at radius 1 is 1.28 bits per heavy atom. The summed E-state index contributed by atoms with van der Waals surface area (Å²) in [5, 5.41) is 14.0. The monoisotopic (exact) mass is 466 g/mol. The van der Waals surface area contributed by atoms with Crippen molar-refractivity contribution in [1.29, 1.82) is 0 Å². The van der Waals surface area contributed by atoms with Crippen LogP contribution in [0.5, 0.6) is 0 Å². The number of nitrogens with zero attached hydrogens (tertiary/aromatic N) is 1. The zero-order valence-corrected chi connectivity index (χ0v) is 18.6. The Kier molecular flexibility index (Phi) is 8.59. The second kappa shape index (κ2) is 10.9. The Labute approximate surface area is 190 Å². The molecule has 10 nitrogen and oxygen atoms in total. The quantitative estimate of drug-likeness (QED) is 0.309. The van der Waals surface area contributed by atoms with Crippen molar-refractivity contribution in [2.45, 2.75) is 51.2 Å². The van der Waals surface area contributed by atoms with Gasteiger partial charge in [0.1, 0.15) is 18.4 Å². The van der Waals surface area contributed by atoms with Gasteiger partial charge < -0.3 is 31.2 Å². The van der Waals surface area contributed by atoms with E-state index in [0.717, 1.165) is 0 Å². The highest BCUT2D eigenvalue weighted by Crippen LogP contribution is 2.24. The molecule has 3 atom stereocenters. The van der Waals surface area contributed by atoms with Crippen LogP contribution in [0.15, 0.2) is 18.2 Å². The molecule has 3 amide bonds. The van der Waals surface area contributed by atoms with Crippen LogP contribution in [-0.4, -0.2) is 64.7 Å². The lowest BCUT2D eigenvalue weighted by Crippen LogP contribution is -2.56. The number of carbonyl (C=O) groups excluding carboxylic acids is 4. The average molecular weight is 467 g/mol. The van der Waals surface area contributed by atoms with Gasteiger partial charge in [-0.05, 0) is 30.9 Å². The van der Waals surface area contributed by atoms with Crippen LogP contribution < -0.4 is 16.4 Å². The smallest absolute Gasteiger partial charge is 0.305 e. The third-order valence-corrected chi connectivity index (χ3v) is 5.53. The maximum Gasteiger partial charge on any atom is 0.305 e. The molecule has 1 aliphatic heterocycles. The number of aliphatic carboxylic acids is 1. The molecule has 2 rings (SSSR count). The van der Waals surface area contributed by atoms with Crippen molar-refractivity contribution in [2.75, 3.05) is 12.3 Å². The normalized spacial score (nSPS) is 17.5. The summed E-state index contributed by atoms with van der Waals surface area (Å²) >= 11 is 6.10. The number of amides is 3. The van der Waals surface area contributed by atoms with Gasteiger partial charge in [0.25, 0.3) is 5.91 Å². The van der Waals surface area contributed by atoms with Gasteiger partial charge in [0.05, 0.1) is 23.0 Å². The second-order valence-electron chi connectivity index (χ2n) is 7.94. The third-order valence-electron chi connectivity index (χ3n) is 5.22. The lowest BCUT2D eigenvalue weighted by Gasteiger charge is -2.31. The second-order valence-corrected chi connectivity index (χ2v) is 8.35. The minimum absolute atomic E-state index is 0.0610. The summed E-state index contributed by atoms with van der Waals surface area (Å²) in [5.41, 5.74) is 6.09. The van der Waals surface area contributed by atoms with Crippen LogP contribution in [0.4, 0.5) is 5.69 Å². The molecular formula is C21H27ClN4O6. The lowest BCUT2D eigenvalue weighted by atomic mass is 10.0. The highest BCUT2D eigenvalue weighted by Gasteiger charge is 2.39. The summed E-state index contributed by atoms with van der Waals surface area (Å²) in [4.78, 5) is 62.0. The first-order valence-corrected chi connectivity index (χ1v) is 10.6. The zero-order chi connectivity index (χ0) is 24.0. The number of rotatable bonds is 9. The number of anilines is 1. The third kappa shape index (κ3) is 5.97. The number of likely N-dealkylation sites (tertiary alicyclic amines) is 1. The van der Waals surface area contributed by atoms with Crippen LogP contribution in [0.1, 0.15) is 43.5 Å². The summed E-state index contributed by atoms with van der Waals surface area (Å²) in [5.74, 6) is -3.23. The Hall–Kier alpha value is -3.14. The number of hydrogen-bond acceptors (Lipinski definition) is 6. The highest BCUT2D eigenvalue weighted by molar-refractivity contribution is 6.34. The fourth-order valence-electron chi connectivity index (χ4n) is 3.59. The van der Waals surface area contributed by atoms with Crippen molar-refractivity contribution in [3.05, 3.63) is 28.8 Å². The van der Waals surface area contributed by atoms with E-state index in [4.69, 9.17) is 22.4 Å². The fourth-order valence-corrected chi connectivity index (χ4v) is 3.86. The number of nitrogen functional groups attached to an aromatic ring is 1. The molecule has 174 valence electrons. The van der Waals surface area contributed by atoms with Gasteiger partial charge in [-0.25, -0.2) is 0 Å². The van der Waals surface area contributed by atoms with Gasteiger partial charge in [-0.1, -0.05) is 31.5 Å². The number of nitrogens with one attached hydrogen (secondary N) is 2. The molecule has 1 fully saturated rings. The number of halogens is 1. The van der Waals surface area contributed by atoms with Crippen LogP contribution in [0.3, 0.4) is 0 Å². The lowest BCUT2D eigenvalue weighted by molar-refractivity contribution is -0.142. The first-order chi connectivity index (χ1) is 15.1. The molecule has 1 aromatic carbocycles. The number of nitrogens with two attached hydrogens (primary N) is 1. The van der Waals surface area contributed by atoms with E-state index in [9.17, 15) is 24.0 Å². The maximum atomic E-state index is 13.3. The van der Waals surface area contributed by atoms with E-state index in [1.807, 2.05) is 0 Å². The van der Waals surface area contributed by atoms with Gasteiger partial charge in [0.15, 0.2) is 0 Å². The van der Waals surface area contributed by atoms with E-state index in [2.05, 4.69) is 10.6 Å². The van der Waals surface area contributed by atoms with Crippen LogP contribution in [0, 0.1) is 5.92 Å². The maximum absolute atomic E-state index is 13.3. The van der Waals surface area contributed by atoms with Crippen molar-refractivity contribution in [2.24, 2.45) is 5.92 Å². The van der Waals surface area contributed by atoms with E-state index >= 15 is 0 Å². The Balaban J connectivity index is 2.17.